The van der Waals surface area contributed by atoms with E-state index in [2.05, 4.69) is 29.0 Å². The first-order chi connectivity index (χ1) is 15.0. The second-order valence-electron chi connectivity index (χ2n) is 9.13. The molecular weight excluding hydrogens is 408 g/mol. The molecule has 2 aliphatic heterocycles. The fourth-order valence-corrected chi connectivity index (χ4v) is 6.08. The smallest absolute Gasteiger partial charge is 0.224 e. The van der Waals surface area contributed by atoms with Gasteiger partial charge in [-0.3, -0.25) is 9.69 Å². The third-order valence-electron chi connectivity index (χ3n) is 6.92. The number of hydrogen-bond acceptors (Lipinski definition) is 6. The number of piperidine rings is 2. The molecule has 3 atom stereocenters. The van der Waals surface area contributed by atoms with Crippen LogP contribution in [0.5, 0.6) is 5.75 Å². The van der Waals surface area contributed by atoms with Gasteiger partial charge in [0.1, 0.15) is 5.75 Å². The first kappa shape index (κ1) is 22.3. The topological polar surface area (TPSA) is 57.7 Å². The monoisotopic (exact) mass is 444 g/mol. The van der Waals surface area contributed by atoms with Crippen LogP contribution in [0.4, 0.5) is 5.13 Å². The normalized spacial score (nSPS) is 25.0. The second-order valence-corrected chi connectivity index (χ2v) is 10.1. The predicted molar refractivity (Wildman–Crippen MR) is 128 cm³/mol. The molecule has 2 fully saturated rings. The van der Waals surface area contributed by atoms with Gasteiger partial charge in [0.2, 0.25) is 5.91 Å². The van der Waals surface area contributed by atoms with Crippen LogP contribution in [-0.4, -0.2) is 61.2 Å². The van der Waals surface area contributed by atoms with E-state index in [1.165, 1.54) is 19.3 Å². The van der Waals surface area contributed by atoms with Gasteiger partial charge in [-0.2, -0.15) is 0 Å². The van der Waals surface area contributed by atoms with E-state index in [9.17, 15) is 4.79 Å². The summed E-state index contributed by atoms with van der Waals surface area (Å²) in [6.45, 7) is 8.24. The van der Waals surface area contributed by atoms with Crippen molar-refractivity contribution in [3.63, 3.8) is 0 Å². The van der Waals surface area contributed by atoms with Gasteiger partial charge < -0.3 is 15.0 Å². The number of likely N-dealkylation sites (tertiary alicyclic amines) is 1. The van der Waals surface area contributed by atoms with E-state index in [-0.39, 0.29) is 11.8 Å². The molecule has 1 aromatic carbocycles. The molecule has 31 heavy (non-hydrogen) atoms. The van der Waals surface area contributed by atoms with Crippen LogP contribution in [0, 0.1) is 5.92 Å². The Balaban J connectivity index is 1.27. The minimum atomic E-state index is 0.0446. The lowest BCUT2D eigenvalue weighted by Crippen LogP contribution is -2.46. The average molecular weight is 445 g/mol. The highest BCUT2D eigenvalue weighted by molar-refractivity contribution is 7.22. The average Bonchev–Trinajstić information content (AvgIpc) is 3.21. The van der Waals surface area contributed by atoms with Crippen molar-refractivity contribution < 1.29 is 9.53 Å². The van der Waals surface area contributed by atoms with E-state index in [0.29, 0.717) is 12.1 Å². The van der Waals surface area contributed by atoms with Crippen LogP contribution >= 0.6 is 11.3 Å². The zero-order valence-electron chi connectivity index (χ0n) is 19.1. The van der Waals surface area contributed by atoms with Gasteiger partial charge in [-0.1, -0.05) is 17.8 Å². The highest BCUT2D eigenvalue weighted by Crippen LogP contribution is 2.33. The maximum atomic E-state index is 12.8. The summed E-state index contributed by atoms with van der Waals surface area (Å²) >= 11 is 1.68. The van der Waals surface area contributed by atoms with Gasteiger partial charge in [-0.15, -0.1) is 0 Å². The van der Waals surface area contributed by atoms with Crippen molar-refractivity contribution in [3.05, 3.63) is 18.2 Å². The van der Waals surface area contributed by atoms with Gasteiger partial charge in [0.05, 0.1) is 23.2 Å². The van der Waals surface area contributed by atoms with Crippen LogP contribution in [-0.2, 0) is 4.79 Å². The van der Waals surface area contributed by atoms with Crippen molar-refractivity contribution in [1.29, 1.82) is 0 Å². The molecule has 0 unspecified atom stereocenters. The highest BCUT2D eigenvalue weighted by atomic mass is 32.1. The third kappa shape index (κ3) is 5.32. The van der Waals surface area contributed by atoms with Crippen molar-refractivity contribution in [2.45, 2.75) is 64.5 Å². The Hall–Kier alpha value is -1.86. The number of ether oxygens (including phenoxy) is 1. The molecule has 1 N–H and O–H groups in total. The zero-order chi connectivity index (χ0) is 21.8. The Morgan fingerprint density at radius 2 is 2.03 bits per heavy atom. The zero-order valence-corrected chi connectivity index (χ0v) is 19.9. The first-order valence-corrected chi connectivity index (χ1v) is 12.6. The molecule has 0 radical (unpaired) electrons. The number of thiazole rings is 1. The van der Waals surface area contributed by atoms with Gasteiger partial charge in [0.15, 0.2) is 5.13 Å². The number of benzene rings is 1. The number of nitrogens with one attached hydrogen (secondary N) is 1. The summed E-state index contributed by atoms with van der Waals surface area (Å²) in [7, 11) is 1.69. The molecule has 0 bridgehead atoms. The Morgan fingerprint density at radius 3 is 2.81 bits per heavy atom. The second kappa shape index (κ2) is 10.2. The van der Waals surface area contributed by atoms with Crippen molar-refractivity contribution >= 4 is 32.6 Å². The number of nitrogens with zero attached hydrogens (tertiary/aromatic N) is 3. The number of methoxy groups -OCH3 is 1. The number of hydrogen-bond donors (Lipinski definition) is 1. The molecule has 2 saturated heterocycles. The maximum absolute atomic E-state index is 12.8. The van der Waals surface area contributed by atoms with Gasteiger partial charge >= 0.3 is 0 Å². The Labute approximate surface area is 190 Å². The first-order valence-electron chi connectivity index (χ1n) is 11.8. The number of aromatic nitrogens is 1. The number of anilines is 1. The van der Waals surface area contributed by atoms with Gasteiger partial charge in [0, 0.05) is 38.3 Å². The summed E-state index contributed by atoms with van der Waals surface area (Å²) in [5.74, 6) is 1.10. The Bertz CT molecular complexity index is 876. The molecular formula is C24H36N4O2S. The molecule has 0 saturated carbocycles. The van der Waals surface area contributed by atoms with Crippen LogP contribution in [0.25, 0.3) is 10.2 Å². The minimum absolute atomic E-state index is 0.0446. The molecule has 7 heteroatoms. The van der Waals surface area contributed by atoms with Crippen molar-refractivity contribution in [2.75, 3.05) is 38.2 Å². The number of carbonyl (C=O) groups excluding carboxylic acids is 1. The number of carbonyl (C=O) groups is 1. The number of fused-ring (bicyclic) bond motifs is 1. The van der Waals surface area contributed by atoms with Gasteiger partial charge in [-0.25, -0.2) is 4.98 Å². The van der Waals surface area contributed by atoms with Crippen molar-refractivity contribution in [2.24, 2.45) is 5.92 Å². The SMILES string of the molecule is COc1ccc2nc(N3CCC[C@H](C(=O)NCCCN4[C@@H](C)CCC[C@@H]4C)C3)sc2c1. The largest absolute Gasteiger partial charge is 0.497 e. The Kier molecular flexibility index (Phi) is 7.33. The summed E-state index contributed by atoms with van der Waals surface area (Å²) in [4.78, 5) is 22.5. The highest BCUT2D eigenvalue weighted by Gasteiger charge is 2.28. The van der Waals surface area contributed by atoms with Crippen LogP contribution < -0.4 is 15.0 Å². The Morgan fingerprint density at radius 1 is 1.23 bits per heavy atom. The van der Waals surface area contributed by atoms with E-state index in [4.69, 9.17) is 9.72 Å². The number of amides is 1. The standard InChI is InChI=1S/C24H36N4O2S/c1-17-7-4-8-18(2)28(17)14-6-12-25-23(29)19-9-5-13-27(16-19)24-26-21-11-10-20(30-3)15-22(21)31-24/h10-11,15,17-19H,4-9,12-14,16H2,1-3H3,(H,25,29)/t17-,18-,19-/m0/s1. The molecule has 1 aromatic heterocycles. The molecule has 1 amide bonds. The fraction of sp³-hybridized carbons (Fsp3) is 0.667. The minimum Gasteiger partial charge on any atom is -0.497 e. The molecule has 3 heterocycles. The summed E-state index contributed by atoms with van der Waals surface area (Å²) in [5.41, 5.74) is 0.994. The van der Waals surface area contributed by atoms with Crippen molar-refractivity contribution in [1.82, 2.24) is 15.2 Å². The molecule has 2 aliphatic rings. The third-order valence-corrected chi connectivity index (χ3v) is 7.99. The van der Waals surface area contributed by atoms with Crippen LogP contribution in [0.3, 0.4) is 0 Å². The van der Waals surface area contributed by atoms with Crippen LogP contribution in [0.2, 0.25) is 0 Å². The molecule has 4 rings (SSSR count). The predicted octanol–water partition coefficient (Wildman–Crippen LogP) is 4.29. The molecule has 6 nitrogen and oxygen atoms in total. The van der Waals surface area contributed by atoms with E-state index >= 15 is 0 Å². The van der Waals surface area contributed by atoms with Crippen molar-refractivity contribution in [3.8, 4) is 5.75 Å². The quantitative estimate of drug-likeness (QED) is 0.646. The molecule has 0 spiro atoms. The summed E-state index contributed by atoms with van der Waals surface area (Å²) in [6.07, 6.45) is 6.95. The molecule has 0 aliphatic carbocycles. The lowest BCUT2D eigenvalue weighted by molar-refractivity contribution is -0.125. The van der Waals surface area contributed by atoms with Gasteiger partial charge in [-0.05, 0) is 64.2 Å². The lowest BCUT2D eigenvalue weighted by Gasteiger charge is -2.39. The van der Waals surface area contributed by atoms with E-state index in [1.54, 1.807) is 18.4 Å². The van der Waals surface area contributed by atoms with E-state index in [0.717, 1.165) is 66.5 Å². The van der Waals surface area contributed by atoms with E-state index in [1.807, 2.05) is 18.2 Å². The summed E-state index contributed by atoms with van der Waals surface area (Å²) in [6, 6.07) is 7.32. The lowest BCUT2D eigenvalue weighted by atomic mass is 9.97. The maximum Gasteiger partial charge on any atom is 0.224 e. The molecule has 170 valence electrons. The van der Waals surface area contributed by atoms with Gasteiger partial charge in [0.25, 0.3) is 0 Å². The van der Waals surface area contributed by atoms with Crippen LogP contribution in [0.1, 0.15) is 52.4 Å². The van der Waals surface area contributed by atoms with Crippen LogP contribution in [0.15, 0.2) is 18.2 Å². The van der Waals surface area contributed by atoms with E-state index < -0.39 is 0 Å². The molecule has 2 aromatic rings. The summed E-state index contributed by atoms with van der Waals surface area (Å²) in [5, 5.41) is 4.22. The number of rotatable bonds is 7. The summed E-state index contributed by atoms with van der Waals surface area (Å²) < 4.78 is 6.46. The fourth-order valence-electron chi connectivity index (χ4n) is 5.05.